The molecule has 20 heavy (non-hydrogen) atoms. The normalized spacial score (nSPS) is 12.5. The number of nitrogens with one attached hydrogen (secondary N) is 2. The highest BCUT2D eigenvalue weighted by molar-refractivity contribution is 7.89. The van der Waals surface area contributed by atoms with Crippen molar-refractivity contribution in [2.75, 3.05) is 25.1 Å². The molecule has 0 saturated heterocycles. The molecule has 0 unspecified atom stereocenters. The van der Waals surface area contributed by atoms with Crippen molar-refractivity contribution in [3.8, 4) is 0 Å². The van der Waals surface area contributed by atoms with Gasteiger partial charge in [-0.05, 0) is 31.0 Å². The molecule has 4 N–H and O–H groups in total. The molecule has 1 aromatic rings. The number of aryl methyl sites for hydroxylation is 1. The first-order valence-corrected chi connectivity index (χ1v) is 9.30. The zero-order chi connectivity index (χ0) is 15.4. The second-order valence-corrected chi connectivity index (χ2v) is 8.01. The summed E-state index contributed by atoms with van der Waals surface area (Å²) in [6.45, 7) is 2.00. The average molecular weight is 321 g/mol. The Morgan fingerprint density at radius 3 is 2.30 bits per heavy atom. The minimum atomic E-state index is -3.64. The standard InChI is InChI=1S/C11H19N3O4S2/c1-9-4-5-10(12)8-11(9)20(17,18)14-7-3-6-13-19(2,15)16/h4-5,8,13-14H,3,6-7,12H2,1-2H3. The Hall–Kier alpha value is -1.16. The van der Waals surface area contributed by atoms with Gasteiger partial charge in [-0.15, -0.1) is 0 Å². The first-order valence-electron chi connectivity index (χ1n) is 5.92. The van der Waals surface area contributed by atoms with E-state index in [4.69, 9.17) is 5.73 Å². The lowest BCUT2D eigenvalue weighted by molar-refractivity contribution is 0.574. The van der Waals surface area contributed by atoms with E-state index in [1.807, 2.05) is 0 Å². The molecule has 0 heterocycles. The third kappa shape index (κ3) is 5.45. The van der Waals surface area contributed by atoms with Gasteiger partial charge in [-0.25, -0.2) is 26.3 Å². The SMILES string of the molecule is Cc1ccc(N)cc1S(=O)(=O)NCCCNS(C)(=O)=O. The molecule has 0 atom stereocenters. The third-order valence-electron chi connectivity index (χ3n) is 2.51. The molecular formula is C11H19N3O4S2. The zero-order valence-electron chi connectivity index (χ0n) is 11.4. The summed E-state index contributed by atoms with van der Waals surface area (Å²) >= 11 is 0. The highest BCUT2D eigenvalue weighted by Gasteiger charge is 2.16. The summed E-state index contributed by atoms with van der Waals surface area (Å²) in [6, 6.07) is 4.66. The lowest BCUT2D eigenvalue weighted by Crippen LogP contribution is -2.29. The van der Waals surface area contributed by atoms with Crippen LogP contribution in [0.25, 0.3) is 0 Å². The van der Waals surface area contributed by atoms with Crippen LogP contribution in [0.1, 0.15) is 12.0 Å². The molecule has 0 saturated carbocycles. The summed E-state index contributed by atoms with van der Waals surface area (Å²) in [6.07, 6.45) is 1.40. The van der Waals surface area contributed by atoms with Crippen molar-refractivity contribution in [1.29, 1.82) is 0 Å². The van der Waals surface area contributed by atoms with E-state index in [-0.39, 0.29) is 18.0 Å². The third-order valence-corrected chi connectivity index (χ3v) is 4.84. The number of benzene rings is 1. The number of hydrogen-bond acceptors (Lipinski definition) is 5. The number of rotatable bonds is 7. The van der Waals surface area contributed by atoms with Gasteiger partial charge in [-0.2, -0.15) is 0 Å². The van der Waals surface area contributed by atoms with Crippen LogP contribution in [0.3, 0.4) is 0 Å². The molecule has 1 rings (SSSR count). The highest BCUT2D eigenvalue weighted by atomic mass is 32.2. The number of sulfonamides is 2. The molecule has 1 aromatic carbocycles. The van der Waals surface area contributed by atoms with E-state index in [2.05, 4.69) is 9.44 Å². The summed E-state index contributed by atoms with van der Waals surface area (Å²) < 4.78 is 50.5. The second-order valence-electron chi connectivity index (χ2n) is 4.44. The van der Waals surface area contributed by atoms with Gasteiger partial charge in [0.05, 0.1) is 11.2 Å². The summed E-state index contributed by atoms with van der Waals surface area (Å²) in [5.41, 5.74) is 6.55. The molecule has 0 spiro atoms. The van der Waals surface area contributed by atoms with Gasteiger partial charge in [0.15, 0.2) is 0 Å². The highest BCUT2D eigenvalue weighted by Crippen LogP contribution is 2.17. The maximum atomic E-state index is 12.1. The van der Waals surface area contributed by atoms with E-state index in [1.165, 1.54) is 6.07 Å². The summed E-state index contributed by atoms with van der Waals surface area (Å²) in [5, 5.41) is 0. The van der Waals surface area contributed by atoms with Crippen LogP contribution in [-0.2, 0) is 20.0 Å². The Kier molecular flexibility index (Phi) is 5.51. The molecular weight excluding hydrogens is 302 g/mol. The summed E-state index contributed by atoms with van der Waals surface area (Å²) in [7, 11) is -6.88. The van der Waals surface area contributed by atoms with Gasteiger partial charge in [0, 0.05) is 18.8 Å². The van der Waals surface area contributed by atoms with Gasteiger partial charge >= 0.3 is 0 Å². The second kappa shape index (κ2) is 6.53. The van der Waals surface area contributed by atoms with Crippen molar-refractivity contribution < 1.29 is 16.8 Å². The number of anilines is 1. The molecule has 0 radical (unpaired) electrons. The van der Waals surface area contributed by atoms with E-state index in [9.17, 15) is 16.8 Å². The minimum Gasteiger partial charge on any atom is -0.399 e. The van der Waals surface area contributed by atoms with Crippen molar-refractivity contribution in [3.63, 3.8) is 0 Å². The fourth-order valence-corrected chi connectivity index (χ4v) is 3.40. The molecule has 0 bridgehead atoms. The van der Waals surface area contributed by atoms with Crippen LogP contribution >= 0.6 is 0 Å². The van der Waals surface area contributed by atoms with Gasteiger partial charge in [-0.3, -0.25) is 0 Å². The first kappa shape index (κ1) is 16.9. The van der Waals surface area contributed by atoms with E-state index in [0.29, 0.717) is 17.7 Å². The van der Waals surface area contributed by atoms with E-state index < -0.39 is 20.0 Å². The van der Waals surface area contributed by atoms with Crippen LogP contribution in [0.4, 0.5) is 5.69 Å². The van der Waals surface area contributed by atoms with Gasteiger partial charge in [0.1, 0.15) is 0 Å². The van der Waals surface area contributed by atoms with E-state index in [1.54, 1.807) is 19.1 Å². The fourth-order valence-electron chi connectivity index (χ4n) is 1.54. The lowest BCUT2D eigenvalue weighted by Gasteiger charge is -2.10. The average Bonchev–Trinajstić information content (AvgIpc) is 2.30. The van der Waals surface area contributed by atoms with Crippen LogP contribution in [0, 0.1) is 6.92 Å². The predicted molar refractivity (Wildman–Crippen MR) is 78.2 cm³/mol. The molecule has 7 nitrogen and oxygen atoms in total. The first-order chi connectivity index (χ1) is 9.12. The zero-order valence-corrected chi connectivity index (χ0v) is 13.0. The van der Waals surface area contributed by atoms with Crippen LogP contribution in [0.5, 0.6) is 0 Å². The molecule has 0 aliphatic carbocycles. The Morgan fingerprint density at radius 2 is 1.70 bits per heavy atom. The smallest absolute Gasteiger partial charge is 0.240 e. The monoisotopic (exact) mass is 321 g/mol. The summed E-state index contributed by atoms with van der Waals surface area (Å²) in [5.74, 6) is 0. The molecule has 0 aromatic heterocycles. The van der Waals surface area contributed by atoms with Gasteiger partial charge < -0.3 is 5.73 Å². The maximum absolute atomic E-state index is 12.1. The van der Waals surface area contributed by atoms with Gasteiger partial charge in [0.2, 0.25) is 20.0 Å². The molecule has 114 valence electrons. The Labute approximate surface area is 119 Å². The lowest BCUT2D eigenvalue weighted by atomic mass is 10.2. The number of hydrogen-bond donors (Lipinski definition) is 3. The van der Waals surface area contributed by atoms with E-state index >= 15 is 0 Å². The molecule has 0 aliphatic rings. The van der Waals surface area contributed by atoms with Gasteiger partial charge in [0.25, 0.3) is 0 Å². The van der Waals surface area contributed by atoms with Gasteiger partial charge in [-0.1, -0.05) is 6.07 Å². The van der Waals surface area contributed by atoms with E-state index in [0.717, 1.165) is 6.26 Å². The van der Waals surface area contributed by atoms with Crippen LogP contribution < -0.4 is 15.2 Å². The number of nitrogens with two attached hydrogens (primary N) is 1. The largest absolute Gasteiger partial charge is 0.399 e. The molecule has 9 heteroatoms. The Morgan fingerprint density at radius 1 is 1.10 bits per heavy atom. The molecule has 0 aliphatic heterocycles. The molecule has 0 amide bonds. The van der Waals surface area contributed by atoms with Crippen LogP contribution in [0.15, 0.2) is 23.1 Å². The maximum Gasteiger partial charge on any atom is 0.240 e. The number of nitrogen functional groups attached to an aromatic ring is 1. The van der Waals surface area contributed by atoms with Crippen molar-refractivity contribution in [2.45, 2.75) is 18.2 Å². The predicted octanol–water partition coefficient (Wildman–Crippen LogP) is -0.205. The van der Waals surface area contributed by atoms with Crippen molar-refractivity contribution in [3.05, 3.63) is 23.8 Å². The topological polar surface area (TPSA) is 118 Å². The minimum absolute atomic E-state index is 0.133. The van der Waals surface area contributed by atoms with Crippen molar-refractivity contribution >= 4 is 25.7 Å². The summed E-state index contributed by atoms with van der Waals surface area (Å²) in [4.78, 5) is 0.133. The Balaban J connectivity index is 2.60. The van der Waals surface area contributed by atoms with Crippen molar-refractivity contribution in [1.82, 2.24) is 9.44 Å². The quantitative estimate of drug-likeness (QED) is 0.474. The van der Waals surface area contributed by atoms with Crippen LogP contribution in [-0.4, -0.2) is 36.2 Å². The molecule has 0 fully saturated rings. The van der Waals surface area contributed by atoms with Crippen LogP contribution in [0.2, 0.25) is 0 Å². The fraction of sp³-hybridized carbons (Fsp3) is 0.455. The van der Waals surface area contributed by atoms with Crippen molar-refractivity contribution in [2.24, 2.45) is 0 Å². The Bertz CT molecular complexity index is 669.